The molecule has 0 aliphatic rings. The van der Waals surface area contributed by atoms with E-state index in [0.29, 0.717) is 11.4 Å². The van der Waals surface area contributed by atoms with Crippen LogP contribution in [0.3, 0.4) is 0 Å². The molecule has 0 aromatic heterocycles. The van der Waals surface area contributed by atoms with Crippen molar-refractivity contribution in [2.45, 2.75) is 38.0 Å². The zero-order valence-electron chi connectivity index (χ0n) is 18.1. The van der Waals surface area contributed by atoms with Crippen LogP contribution in [-0.2, 0) is 16.4 Å². The van der Waals surface area contributed by atoms with Gasteiger partial charge in [-0.1, -0.05) is 49.2 Å². The number of carbonyl (C=O) groups excluding carboxylic acids is 1. The number of unbranched alkanes of at least 4 members (excludes halogenated alkanes) is 1. The van der Waals surface area contributed by atoms with Gasteiger partial charge < -0.3 is 5.32 Å². The Kier molecular flexibility index (Phi) is 7.13. The van der Waals surface area contributed by atoms with Crippen molar-refractivity contribution in [1.29, 1.82) is 0 Å². The average molecular weight is 437 g/mol. The van der Waals surface area contributed by atoms with Crippen molar-refractivity contribution in [1.82, 2.24) is 0 Å². The molecule has 0 saturated heterocycles. The molecule has 6 heteroatoms. The number of hydrogen-bond acceptors (Lipinski definition) is 3. The number of sulfonamides is 1. The van der Waals surface area contributed by atoms with Gasteiger partial charge in [-0.2, -0.15) is 0 Å². The van der Waals surface area contributed by atoms with Gasteiger partial charge in [-0.05, 0) is 67.8 Å². The van der Waals surface area contributed by atoms with Gasteiger partial charge in [0.1, 0.15) is 0 Å². The lowest BCUT2D eigenvalue weighted by Gasteiger charge is -2.20. The number of aryl methyl sites for hydroxylation is 2. The van der Waals surface area contributed by atoms with Crippen molar-refractivity contribution in [2.75, 3.05) is 16.7 Å². The number of carbonyl (C=O) groups is 1. The first kappa shape index (κ1) is 22.6. The second-order valence-corrected chi connectivity index (χ2v) is 9.56. The van der Waals surface area contributed by atoms with E-state index >= 15 is 0 Å². The van der Waals surface area contributed by atoms with Crippen LogP contribution >= 0.6 is 0 Å². The Morgan fingerprint density at radius 2 is 1.65 bits per heavy atom. The molecule has 5 nitrogen and oxygen atoms in total. The molecule has 0 aliphatic heterocycles. The van der Waals surface area contributed by atoms with Gasteiger partial charge in [0.05, 0.1) is 10.6 Å². The van der Waals surface area contributed by atoms with E-state index in [2.05, 4.69) is 12.2 Å². The molecule has 162 valence electrons. The minimum atomic E-state index is -3.79. The highest BCUT2D eigenvalue weighted by Gasteiger charge is 2.22. The summed E-state index contributed by atoms with van der Waals surface area (Å²) in [6.07, 6.45) is 3.28. The molecular weight excluding hydrogens is 408 g/mol. The number of benzene rings is 3. The number of rotatable bonds is 8. The molecule has 0 unspecified atom stereocenters. The second-order valence-electron chi connectivity index (χ2n) is 7.59. The van der Waals surface area contributed by atoms with E-state index in [0.717, 1.165) is 24.8 Å². The predicted octanol–water partition coefficient (Wildman–Crippen LogP) is 5.42. The molecular formula is C25H28N2O3S. The van der Waals surface area contributed by atoms with Gasteiger partial charge >= 0.3 is 0 Å². The van der Waals surface area contributed by atoms with Crippen LogP contribution in [0.2, 0.25) is 0 Å². The zero-order chi connectivity index (χ0) is 22.4. The lowest BCUT2D eigenvalue weighted by molar-refractivity contribution is 0.102. The van der Waals surface area contributed by atoms with Gasteiger partial charge in [0.2, 0.25) is 0 Å². The molecule has 0 heterocycles. The van der Waals surface area contributed by atoms with E-state index in [9.17, 15) is 13.2 Å². The van der Waals surface area contributed by atoms with Gasteiger partial charge in [0.15, 0.2) is 0 Å². The van der Waals surface area contributed by atoms with Crippen LogP contribution in [0, 0.1) is 6.92 Å². The van der Waals surface area contributed by atoms with E-state index in [1.54, 1.807) is 24.3 Å². The minimum Gasteiger partial charge on any atom is -0.322 e. The summed E-state index contributed by atoms with van der Waals surface area (Å²) < 4.78 is 27.4. The van der Waals surface area contributed by atoms with Crippen LogP contribution < -0.4 is 9.62 Å². The Morgan fingerprint density at radius 1 is 0.968 bits per heavy atom. The van der Waals surface area contributed by atoms with E-state index in [4.69, 9.17) is 0 Å². The highest BCUT2D eigenvalue weighted by Crippen LogP contribution is 2.23. The third-order valence-electron chi connectivity index (χ3n) is 5.18. The maximum atomic E-state index is 13.1. The molecule has 0 spiro atoms. The van der Waals surface area contributed by atoms with E-state index in [-0.39, 0.29) is 16.4 Å². The van der Waals surface area contributed by atoms with Crippen molar-refractivity contribution < 1.29 is 13.2 Å². The van der Waals surface area contributed by atoms with Crippen LogP contribution in [-0.4, -0.2) is 21.4 Å². The molecule has 0 bridgehead atoms. The maximum absolute atomic E-state index is 13.1. The quantitative estimate of drug-likeness (QED) is 0.513. The Balaban J connectivity index is 1.77. The van der Waals surface area contributed by atoms with Crippen LogP contribution in [0.1, 0.15) is 41.3 Å². The molecule has 0 saturated carbocycles. The standard InChI is InChI=1S/C25H28N2O3S/c1-4-5-7-20-12-14-22(15-13-20)26-25(28)21-8-6-9-24(18-21)31(29,30)27(3)23-16-10-19(2)11-17-23/h6,8-18H,4-5,7H2,1-3H3,(H,26,28). The Bertz CT molecular complexity index is 1140. The number of nitrogens with one attached hydrogen (secondary N) is 1. The smallest absolute Gasteiger partial charge is 0.264 e. The molecule has 3 rings (SSSR count). The molecule has 3 aromatic carbocycles. The molecule has 0 radical (unpaired) electrons. The molecule has 0 fully saturated rings. The fourth-order valence-electron chi connectivity index (χ4n) is 3.19. The summed E-state index contributed by atoms with van der Waals surface area (Å²) in [7, 11) is -2.29. The summed E-state index contributed by atoms with van der Waals surface area (Å²) in [6.45, 7) is 4.10. The zero-order valence-corrected chi connectivity index (χ0v) is 18.9. The molecule has 31 heavy (non-hydrogen) atoms. The van der Waals surface area contributed by atoms with E-state index < -0.39 is 10.0 Å². The van der Waals surface area contributed by atoms with Crippen LogP contribution in [0.25, 0.3) is 0 Å². The molecule has 0 aliphatic carbocycles. The maximum Gasteiger partial charge on any atom is 0.264 e. The predicted molar refractivity (Wildman–Crippen MR) is 126 cm³/mol. The third kappa shape index (κ3) is 5.52. The Morgan fingerprint density at radius 3 is 2.29 bits per heavy atom. The van der Waals surface area contributed by atoms with E-state index in [1.165, 1.54) is 29.0 Å². The van der Waals surface area contributed by atoms with Crippen molar-refractivity contribution >= 4 is 27.3 Å². The lowest BCUT2D eigenvalue weighted by atomic mass is 10.1. The molecule has 0 atom stereocenters. The van der Waals surface area contributed by atoms with Gasteiger partial charge in [-0.3, -0.25) is 9.10 Å². The molecule has 1 N–H and O–H groups in total. The average Bonchev–Trinajstić information content (AvgIpc) is 2.78. The van der Waals surface area contributed by atoms with Crippen LogP contribution in [0.15, 0.2) is 77.7 Å². The fourth-order valence-corrected chi connectivity index (χ4v) is 4.43. The summed E-state index contributed by atoms with van der Waals surface area (Å²) in [5.41, 5.74) is 3.80. The van der Waals surface area contributed by atoms with Gasteiger partial charge in [-0.15, -0.1) is 0 Å². The summed E-state index contributed by atoms with van der Waals surface area (Å²) in [6, 6.07) is 21.1. The van der Waals surface area contributed by atoms with Gasteiger partial charge in [0.25, 0.3) is 15.9 Å². The van der Waals surface area contributed by atoms with Crippen LogP contribution in [0.5, 0.6) is 0 Å². The number of amides is 1. The van der Waals surface area contributed by atoms with Crippen molar-refractivity contribution in [3.8, 4) is 0 Å². The Hall–Kier alpha value is -3.12. The Labute approximate surface area is 184 Å². The first-order valence-electron chi connectivity index (χ1n) is 10.4. The van der Waals surface area contributed by atoms with E-state index in [1.807, 2.05) is 43.3 Å². The van der Waals surface area contributed by atoms with Crippen molar-refractivity contribution in [2.24, 2.45) is 0 Å². The third-order valence-corrected chi connectivity index (χ3v) is 6.96. The number of nitrogens with zero attached hydrogens (tertiary/aromatic N) is 1. The summed E-state index contributed by atoms with van der Waals surface area (Å²) in [5.74, 6) is -0.351. The topological polar surface area (TPSA) is 66.5 Å². The minimum absolute atomic E-state index is 0.0677. The summed E-state index contributed by atoms with van der Waals surface area (Å²) in [5, 5.41) is 2.84. The number of hydrogen-bond donors (Lipinski definition) is 1. The number of anilines is 2. The first-order valence-corrected chi connectivity index (χ1v) is 11.8. The summed E-state index contributed by atoms with van der Waals surface area (Å²) >= 11 is 0. The fraction of sp³-hybridized carbons (Fsp3) is 0.240. The largest absolute Gasteiger partial charge is 0.322 e. The van der Waals surface area contributed by atoms with Crippen molar-refractivity contribution in [3.63, 3.8) is 0 Å². The molecule has 3 aromatic rings. The highest BCUT2D eigenvalue weighted by atomic mass is 32.2. The van der Waals surface area contributed by atoms with Crippen molar-refractivity contribution in [3.05, 3.63) is 89.5 Å². The SMILES string of the molecule is CCCCc1ccc(NC(=O)c2cccc(S(=O)(=O)N(C)c3ccc(C)cc3)c2)cc1. The van der Waals surface area contributed by atoms with Crippen LogP contribution in [0.4, 0.5) is 11.4 Å². The monoisotopic (exact) mass is 436 g/mol. The second kappa shape index (κ2) is 9.79. The first-order chi connectivity index (χ1) is 14.8. The normalized spacial score (nSPS) is 11.2. The highest BCUT2D eigenvalue weighted by molar-refractivity contribution is 7.92. The van der Waals surface area contributed by atoms with Gasteiger partial charge in [-0.25, -0.2) is 8.42 Å². The van der Waals surface area contributed by atoms with Gasteiger partial charge in [0, 0.05) is 18.3 Å². The lowest BCUT2D eigenvalue weighted by Crippen LogP contribution is -2.26. The summed E-state index contributed by atoms with van der Waals surface area (Å²) in [4.78, 5) is 12.8. The molecule has 1 amide bonds.